The molecule has 2 heterocycles. The molecule has 1 N–H and O–H groups in total. The number of halogens is 1. The van der Waals surface area contributed by atoms with Crippen molar-refractivity contribution in [3.8, 4) is 11.4 Å². The summed E-state index contributed by atoms with van der Waals surface area (Å²) in [7, 11) is 6.20. The highest BCUT2D eigenvalue weighted by molar-refractivity contribution is 14.1. The van der Waals surface area contributed by atoms with Crippen LogP contribution in [0.15, 0.2) is 42.7 Å². The van der Waals surface area contributed by atoms with Gasteiger partial charge in [-0.1, -0.05) is 11.8 Å². The predicted octanol–water partition coefficient (Wildman–Crippen LogP) is 3.78. The van der Waals surface area contributed by atoms with E-state index < -0.39 is 0 Å². The summed E-state index contributed by atoms with van der Waals surface area (Å²) in [6.45, 7) is 9.51. The number of benzene rings is 1. The molecule has 0 aliphatic carbocycles. The van der Waals surface area contributed by atoms with Crippen LogP contribution in [0.5, 0.6) is 5.75 Å². The smallest absolute Gasteiger partial charge is 0.170 e. The van der Waals surface area contributed by atoms with E-state index in [1.165, 1.54) is 0 Å². The van der Waals surface area contributed by atoms with Gasteiger partial charge < -0.3 is 24.6 Å². The van der Waals surface area contributed by atoms with Crippen molar-refractivity contribution in [2.45, 2.75) is 57.6 Å². The van der Waals surface area contributed by atoms with Gasteiger partial charge in [0.1, 0.15) is 28.8 Å². The third kappa shape index (κ3) is 9.34. The van der Waals surface area contributed by atoms with Crippen molar-refractivity contribution >= 4 is 23.0 Å². The molecule has 0 amide bonds. The second kappa shape index (κ2) is 14.1. The summed E-state index contributed by atoms with van der Waals surface area (Å²) in [5, 5.41) is 11.8. The van der Waals surface area contributed by atoms with Crippen molar-refractivity contribution in [2.75, 3.05) is 40.8 Å². The first-order valence-corrected chi connectivity index (χ1v) is 13.1. The summed E-state index contributed by atoms with van der Waals surface area (Å²) in [4.78, 5) is 4.46. The van der Waals surface area contributed by atoms with E-state index in [9.17, 15) is 0 Å². The maximum absolute atomic E-state index is 5.89. The fourth-order valence-corrected chi connectivity index (χ4v) is 4.44. The Hall–Kier alpha value is -1.73. The molecule has 1 aliphatic rings. The number of nitrogens with one attached hydrogen (secondary N) is 1. The molecule has 3 unspecified atom stereocenters. The van der Waals surface area contributed by atoms with Gasteiger partial charge in [0.15, 0.2) is 6.29 Å². The lowest BCUT2D eigenvalue weighted by Crippen LogP contribution is -2.43. The second-order valence-corrected chi connectivity index (χ2v) is 9.95. The quantitative estimate of drug-likeness (QED) is 0.260. The first-order chi connectivity index (χ1) is 16.8. The van der Waals surface area contributed by atoms with Gasteiger partial charge in [0, 0.05) is 37.8 Å². The van der Waals surface area contributed by atoms with E-state index in [-0.39, 0.29) is 12.4 Å². The Kier molecular flexibility index (Phi) is 11.2. The number of ether oxygens (including phenoxy) is 2. The lowest BCUT2D eigenvalue weighted by atomic mass is 10.0. The van der Waals surface area contributed by atoms with E-state index in [2.05, 4.69) is 46.0 Å². The molecule has 10 heteroatoms. The molecular weight excluding hydrogens is 559 g/mol. The van der Waals surface area contributed by atoms with Crippen molar-refractivity contribution in [3.05, 3.63) is 48.4 Å². The van der Waals surface area contributed by atoms with Gasteiger partial charge in [-0.3, -0.25) is 3.07 Å². The van der Waals surface area contributed by atoms with Gasteiger partial charge in [-0.2, -0.15) is 0 Å². The number of hydrogen-bond donors (Lipinski definition) is 1. The van der Waals surface area contributed by atoms with Crippen molar-refractivity contribution in [1.82, 2.24) is 30.1 Å². The SMILES string of the molecule is C=C(CCN(C)C1CC(C)OC(OI)C1)NCCCOc1ccc(-n2cc(CN(C)C)nn2)cc1. The molecular formula is C25H39IN6O3. The van der Waals surface area contributed by atoms with Crippen LogP contribution in [-0.4, -0.2) is 84.1 Å². The molecule has 194 valence electrons. The van der Waals surface area contributed by atoms with E-state index >= 15 is 0 Å². The molecule has 1 fully saturated rings. The van der Waals surface area contributed by atoms with Crippen LogP contribution in [0.25, 0.3) is 5.69 Å². The minimum Gasteiger partial charge on any atom is -0.494 e. The summed E-state index contributed by atoms with van der Waals surface area (Å²) in [6.07, 6.45) is 5.80. The van der Waals surface area contributed by atoms with Crippen molar-refractivity contribution < 1.29 is 12.5 Å². The van der Waals surface area contributed by atoms with Crippen LogP contribution in [-0.2, 0) is 14.3 Å². The monoisotopic (exact) mass is 598 g/mol. The van der Waals surface area contributed by atoms with E-state index in [0.717, 1.165) is 68.1 Å². The first kappa shape index (κ1) is 27.9. The van der Waals surface area contributed by atoms with Crippen LogP contribution in [0.4, 0.5) is 0 Å². The highest BCUT2D eigenvalue weighted by atomic mass is 127. The molecule has 0 bridgehead atoms. The number of aromatic nitrogens is 3. The lowest BCUT2D eigenvalue weighted by molar-refractivity contribution is -0.143. The Morgan fingerprint density at radius 2 is 2.03 bits per heavy atom. The Balaban J connectivity index is 1.29. The zero-order valence-electron chi connectivity index (χ0n) is 21.3. The van der Waals surface area contributed by atoms with E-state index in [1.54, 1.807) is 4.68 Å². The average molecular weight is 599 g/mol. The zero-order chi connectivity index (χ0) is 25.2. The van der Waals surface area contributed by atoms with Gasteiger partial charge in [-0.15, -0.1) is 5.10 Å². The second-order valence-electron chi connectivity index (χ2n) is 9.44. The highest BCUT2D eigenvalue weighted by Crippen LogP contribution is 2.25. The predicted molar refractivity (Wildman–Crippen MR) is 146 cm³/mol. The fourth-order valence-electron chi connectivity index (χ4n) is 4.11. The van der Waals surface area contributed by atoms with Gasteiger partial charge in [-0.05, 0) is 71.6 Å². The molecule has 1 aromatic heterocycles. The van der Waals surface area contributed by atoms with Crippen molar-refractivity contribution in [1.29, 1.82) is 0 Å². The standard InChI is InChI=1S/C25H39IN6O3/c1-19(11-13-31(5)23-15-20(2)34-25(16-23)35-26)27-12-6-14-33-24-9-7-22(8-10-24)32-18-21(28-29-32)17-30(3)4/h7-10,18,20,23,25,27H,1,6,11-17H2,2-5H3. The van der Waals surface area contributed by atoms with E-state index in [4.69, 9.17) is 12.5 Å². The van der Waals surface area contributed by atoms with Gasteiger partial charge in [0.05, 0.1) is 30.3 Å². The van der Waals surface area contributed by atoms with E-state index in [0.29, 0.717) is 12.6 Å². The third-order valence-corrected chi connectivity index (χ3v) is 6.59. The minimum atomic E-state index is -0.118. The largest absolute Gasteiger partial charge is 0.494 e. The normalized spacial score (nSPS) is 20.4. The molecule has 0 spiro atoms. The molecule has 0 radical (unpaired) electrons. The van der Waals surface area contributed by atoms with Gasteiger partial charge in [0.25, 0.3) is 0 Å². The molecule has 3 atom stereocenters. The van der Waals surface area contributed by atoms with Crippen LogP contribution in [0, 0.1) is 0 Å². The Morgan fingerprint density at radius 3 is 2.74 bits per heavy atom. The lowest BCUT2D eigenvalue weighted by Gasteiger charge is -2.37. The van der Waals surface area contributed by atoms with Crippen molar-refractivity contribution in [3.63, 3.8) is 0 Å². The van der Waals surface area contributed by atoms with Crippen LogP contribution in [0.1, 0.15) is 38.3 Å². The summed E-state index contributed by atoms with van der Waals surface area (Å²) in [5.41, 5.74) is 2.96. The number of hydrogen-bond acceptors (Lipinski definition) is 8. The van der Waals surface area contributed by atoms with Gasteiger partial charge in [0.2, 0.25) is 0 Å². The summed E-state index contributed by atoms with van der Waals surface area (Å²) in [6, 6.07) is 8.39. The Bertz CT molecular complexity index is 907. The summed E-state index contributed by atoms with van der Waals surface area (Å²) >= 11 is 1.93. The third-order valence-electron chi connectivity index (χ3n) is 6.03. The molecule has 9 nitrogen and oxygen atoms in total. The Labute approximate surface area is 223 Å². The van der Waals surface area contributed by atoms with Gasteiger partial charge in [-0.25, -0.2) is 4.68 Å². The highest BCUT2D eigenvalue weighted by Gasteiger charge is 2.29. The molecule has 1 aromatic carbocycles. The number of rotatable bonds is 14. The average Bonchev–Trinajstić information content (AvgIpc) is 3.30. The van der Waals surface area contributed by atoms with Crippen LogP contribution < -0.4 is 10.1 Å². The molecule has 1 aliphatic heterocycles. The number of nitrogens with zero attached hydrogens (tertiary/aromatic N) is 5. The minimum absolute atomic E-state index is 0.118. The van der Waals surface area contributed by atoms with Crippen LogP contribution >= 0.6 is 23.0 Å². The van der Waals surface area contributed by atoms with Crippen LogP contribution in [0.3, 0.4) is 0 Å². The molecule has 35 heavy (non-hydrogen) atoms. The van der Waals surface area contributed by atoms with Gasteiger partial charge >= 0.3 is 0 Å². The Morgan fingerprint density at radius 1 is 1.26 bits per heavy atom. The van der Waals surface area contributed by atoms with E-state index in [1.807, 2.05) is 67.6 Å². The maximum Gasteiger partial charge on any atom is 0.170 e. The molecule has 2 aromatic rings. The summed E-state index contributed by atoms with van der Waals surface area (Å²) < 4.78 is 18.8. The molecule has 1 saturated heterocycles. The fraction of sp³-hybridized carbons (Fsp3) is 0.600. The molecule has 0 saturated carbocycles. The molecule has 3 rings (SSSR count). The topological polar surface area (TPSA) is 76.9 Å². The van der Waals surface area contributed by atoms with Crippen molar-refractivity contribution in [2.24, 2.45) is 0 Å². The summed E-state index contributed by atoms with van der Waals surface area (Å²) in [5.74, 6) is 0.849. The zero-order valence-corrected chi connectivity index (χ0v) is 23.5. The first-order valence-electron chi connectivity index (χ1n) is 12.2. The maximum atomic E-state index is 5.89. The van der Waals surface area contributed by atoms with Crippen LogP contribution in [0.2, 0.25) is 0 Å².